The average molecular weight is 353 g/mol. The smallest absolute Gasteiger partial charge is 0.183 e. The second-order valence-corrected chi connectivity index (χ2v) is 6.08. The largest absolute Gasteiger partial charge is 0.364 e. The van der Waals surface area contributed by atoms with E-state index in [1.54, 1.807) is 18.7 Å². The van der Waals surface area contributed by atoms with Gasteiger partial charge >= 0.3 is 0 Å². The molecule has 0 fully saturated rings. The predicted octanol–water partition coefficient (Wildman–Crippen LogP) is 3.58. The maximum atomic E-state index is 4.91. The van der Waals surface area contributed by atoms with Crippen LogP contribution in [0.15, 0.2) is 67.4 Å². The van der Waals surface area contributed by atoms with Crippen LogP contribution in [0, 0.1) is 0 Å². The molecule has 0 bridgehead atoms. The van der Waals surface area contributed by atoms with E-state index < -0.39 is 0 Å². The minimum absolute atomic E-state index is 0.583. The lowest BCUT2D eigenvalue weighted by molar-refractivity contribution is 1.04. The lowest BCUT2D eigenvalue weighted by atomic mass is 10.0. The predicted molar refractivity (Wildman–Crippen MR) is 104 cm³/mol. The van der Waals surface area contributed by atoms with Gasteiger partial charge in [-0.15, -0.1) is 0 Å². The SMILES string of the molecule is c1ccc(CNc2nc3c(-c4nc[nH]n4)cccc3c3cnccc23)nc1. The molecule has 0 saturated heterocycles. The van der Waals surface area contributed by atoms with E-state index in [2.05, 4.69) is 30.5 Å². The number of hydrogen-bond donors (Lipinski definition) is 2. The summed E-state index contributed by atoms with van der Waals surface area (Å²) in [6.45, 7) is 0.583. The van der Waals surface area contributed by atoms with Gasteiger partial charge in [0.2, 0.25) is 0 Å². The number of fused-ring (bicyclic) bond motifs is 3. The Labute approximate surface area is 154 Å². The summed E-state index contributed by atoms with van der Waals surface area (Å²) in [5.74, 6) is 1.40. The molecule has 5 aromatic rings. The monoisotopic (exact) mass is 353 g/mol. The van der Waals surface area contributed by atoms with Crippen molar-refractivity contribution in [3.63, 3.8) is 0 Å². The molecule has 0 aliphatic heterocycles. The van der Waals surface area contributed by atoms with E-state index in [-0.39, 0.29) is 0 Å². The van der Waals surface area contributed by atoms with Crippen LogP contribution in [0.4, 0.5) is 5.82 Å². The number of hydrogen-bond acceptors (Lipinski definition) is 6. The molecule has 0 aliphatic carbocycles. The number of anilines is 1. The zero-order valence-electron chi connectivity index (χ0n) is 14.3. The first-order chi connectivity index (χ1) is 13.4. The molecular formula is C20H15N7. The Hall–Kier alpha value is -3.87. The second kappa shape index (κ2) is 6.45. The fourth-order valence-electron chi connectivity index (χ4n) is 3.20. The molecule has 0 aliphatic rings. The van der Waals surface area contributed by atoms with E-state index in [1.165, 1.54) is 0 Å². The van der Waals surface area contributed by atoms with Gasteiger partial charge in [0, 0.05) is 40.3 Å². The van der Waals surface area contributed by atoms with Crippen LogP contribution in [-0.2, 0) is 6.54 Å². The van der Waals surface area contributed by atoms with Gasteiger partial charge in [-0.3, -0.25) is 15.1 Å². The standard InChI is InChI=1S/C20H15N7/c1-2-8-22-13(4-1)10-23-19-15-7-9-21-11-17(15)14-5-3-6-16(18(14)26-19)20-24-12-25-27-20/h1-9,11-12H,10H2,(H,23,26)(H,24,25,27). The van der Waals surface area contributed by atoms with Crippen molar-refractivity contribution in [1.29, 1.82) is 0 Å². The summed E-state index contributed by atoms with van der Waals surface area (Å²) in [6.07, 6.45) is 7.00. The number of aromatic amines is 1. The Morgan fingerprint density at radius 2 is 1.89 bits per heavy atom. The molecule has 5 rings (SSSR count). The van der Waals surface area contributed by atoms with Crippen LogP contribution in [-0.4, -0.2) is 30.1 Å². The van der Waals surface area contributed by atoms with Crippen molar-refractivity contribution in [2.75, 3.05) is 5.32 Å². The molecule has 130 valence electrons. The third-order valence-corrected chi connectivity index (χ3v) is 4.45. The Bertz CT molecular complexity index is 1220. The number of benzene rings is 1. The maximum Gasteiger partial charge on any atom is 0.183 e. The van der Waals surface area contributed by atoms with E-state index in [1.807, 2.05) is 48.7 Å². The number of nitrogens with one attached hydrogen (secondary N) is 2. The molecule has 0 spiro atoms. The molecule has 27 heavy (non-hydrogen) atoms. The third kappa shape index (κ3) is 2.75. The van der Waals surface area contributed by atoms with Crippen LogP contribution < -0.4 is 5.32 Å². The van der Waals surface area contributed by atoms with Gasteiger partial charge in [-0.2, -0.15) is 5.10 Å². The van der Waals surface area contributed by atoms with E-state index in [4.69, 9.17) is 4.98 Å². The summed E-state index contributed by atoms with van der Waals surface area (Å²) >= 11 is 0. The van der Waals surface area contributed by atoms with Crippen molar-refractivity contribution < 1.29 is 0 Å². The number of rotatable bonds is 4. The van der Waals surface area contributed by atoms with Gasteiger partial charge in [0.1, 0.15) is 12.1 Å². The molecule has 0 atom stereocenters. The molecule has 4 heterocycles. The van der Waals surface area contributed by atoms with Gasteiger partial charge in [-0.25, -0.2) is 9.97 Å². The minimum atomic E-state index is 0.583. The number of H-pyrrole nitrogens is 1. The van der Waals surface area contributed by atoms with E-state index in [0.717, 1.165) is 38.8 Å². The van der Waals surface area contributed by atoms with Gasteiger partial charge < -0.3 is 5.32 Å². The van der Waals surface area contributed by atoms with E-state index in [9.17, 15) is 0 Å². The van der Waals surface area contributed by atoms with Crippen LogP contribution in [0.25, 0.3) is 33.1 Å². The molecule has 2 N–H and O–H groups in total. The topological polar surface area (TPSA) is 92.3 Å². The molecule has 4 aromatic heterocycles. The number of aromatic nitrogens is 6. The Morgan fingerprint density at radius 1 is 0.889 bits per heavy atom. The Morgan fingerprint density at radius 3 is 2.74 bits per heavy atom. The molecule has 1 aromatic carbocycles. The lowest BCUT2D eigenvalue weighted by Gasteiger charge is -2.12. The van der Waals surface area contributed by atoms with Crippen molar-refractivity contribution in [3.05, 3.63) is 73.1 Å². The maximum absolute atomic E-state index is 4.91. The Kier molecular flexibility index (Phi) is 3.68. The van der Waals surface area contributed by atoms with Crippen molar-refractivity contribution >= 4 is 27.5 Å². The fourth-order valence-corrected chi connectivity index (χ4v) is 3.20. The first-order valence-corrected chi connectivity index (χ1v) is 8.56. The highest BCUT2D eigenvalue weighted by Gasteiger charge is 2.14. The zero-order valence-corrected chi connectivity index (χ0v) is 14.3. The van der Waals surface area contributed by atoms with Crippen LogP contribution in [0.2, 0.25) is 0 Å². The average Bonchev–Trinajstić information content (AvgIpc) is 3.27. The van der Waals surface area contributed by atoms with Gasteiger partial charge in [-0.1, -0.05) is 18.2 Å². The molecule has 0 saturated carbocycles. The number of para-hydroxylation sites is 1. The normalized spacial score (nSPS) is 11.1. The summed E-state index contributed by atoms with van der Waals surface area (Å²) in [6, 6.07) is 13.8. The highest BCUT2D eigenvalue weighted by molar-refractivity contribution is 6.12. The van der Waals surface area contributed by atoms with Crippen molar-refractivity contribution in [2.24, 2.45) is 0 Å². The van der Waals surface area contributed by atoms with Crippen molar-refractivity contribution in [3.8, 4) is 11.4 Å². The van der Waals surface area contributed by atoms with Gasteiger partial charge in [0.25, 0.3) is 0 Å². The summed E-state index contributed by atoms with van der Waals surface area (Å²) in [7, 11) is 0. The van der Waals surface area contributed by atoms with Crippen LogP contribution in [0.5, 0.6) is 0 Å². The lowest BCUT2D eigenvalue weighted by Crippen LogP contribution is -2.04. The van der Waals surface area contributed by atoms with Gasteiger partial charge in [0.05, 0.1) is 17.8 Å². The minimum Gasteiger partial charge on any atom is -0.364 e. The molecule has 0 amide bonds. The number of nitrogens with zero attached hydrogens (tertiary/aromatic N) is 5. The summed E-state index contributed by atoms with van der Waals surface area (Å²) in [5, 5.41) is 13.5. The molecule has 7 nitrogen and oxygen atoms in total. The third-order valence-electron chi connectivity index (χ3n) is 4.45. The highest BCUT2D eigenvalue weighted by atomic mass is 15.2. The van der Waals surface area contributed by atoms with Crippen LogP contribution in [0.3, 0.4) is 0 Å². The highest BCUT2D eigenvalue weighted by Crippen LogP contribution is 2.33. The van der Waals surface area contributed by atoms with E-state index >= 15 is 0 Å². The molecule has 0 radical (unpaired) electrons. The molecule has 7 heteroatoms. The van der Waals surface area contributed by atoms with Crippen LogP contribution in [0.1, 0.15) is 5.69 Å². The second-order valence-electron chi connectivity index (χ2n) is 6.08. The quantitative estimate of drug-likeness (QED) is 0.480. The molecule has 0 unspecified atom stereocenters. The van der Waals surface area contributed by atoms with Gasteiger partial charge in [-0.05, 0) is 24.3 Å². The summed E-state index contributed by atoms with van der Waals surface area (Å²) in [4.78, 5) is 17.9. The Balaban J connectivity index is 1.70. The van der Waals surface area contributed by atoms with Gasteiger partial charge in [0.15, 0.2) is 5.82 Å². The first kappa shape index (κ1) is 15.4. The number of pyridine rings is 3. The summed E-state index contributed by atoms with van der Waals surface area (Å²) in [5.41, 5.74) is 2.66. The summed E-state index contributed by atoms with van der Waals surface area (Å²) < 4.78 is 0. The van der Waals surface area contributed by atoms with Crippen molar-refractivity contribution in [1.82, 2.24) is 30.1 Å². The van der Waals surface area contributed by atoms with E-state index in [0.29, 0.717) is 12.4 Å². The fraction of sp³-hybridized carbons (Fsp3) is 0.0500. The van der Waals surface area contributed by atoms with Crippen molar-refractivity contribution in [2.45, 2.75) is 6.54 Å². The van der Waals surface area contributed by atoms with Crippen LogP contribution >= 0.6 is 0 Å². The zero-order chi connectivity index (χ0) is 18.1. The first-order valence-electron chi connectivity index (χ1n) is 8.56. The molecular weight excluding hydrogens is 338 g/mol.